The highest BCUT2D eigenvalue weighted by Gasteiger charge is 2.26. The predicted molar refractivity (Wildman–Crippen MR) is 83.1 cm³/mol. The SMILES string of the molecule is CCC(CC)NC(=O)C1=NN(c2ccccc2)C(=O)CC1. The summed E-state index contributed by atoms with van der Waals surface area (Å²) in [7, 11) is 0. The third kappa shape index (κ3) is 3.68. The number of rotatable bonds is 5. The Hall–Kier alpha value is -2.17. The van der Waals surface area contributed by atoms with Gasteiger partial charge in [-0.1, -0.05) is 32.0 Å². The van der Waals surface area contributed by atoms with Crippen LogP contribution in [0.4, 0.5) is 5.69 Å². The molecule has 112 valence electrons. The number of anilines is 1. The van der Waals surface area contributed by atoms with Crippen LogP contribution >= 0.6 is 0 Å². The summed E-state index contributed by atoms with van der Waals surface area (Å²) >= 11 is 0. The maximum absolute atomic E-state index is 12.2. The highest BCUT2D eigenvalue weighted by molar-refractivity contribution is 6.40. The second-order valence-electron chi connectivity index (χ2n) is 5.07. The van der Waals surface area contributed by atoms with Gasteiger partial charge in [-0.15, -0.1) is 0 Å². The zero-order valence-corrected chi connectivity index (χ0v) is 12.5. The van der Waals surface area contributed by atoms with Gasteiger partial charge in [0.2, 0.25) is 5.91 Å². The van der Waals surface area contributed by atoms with Gasteiger partial charge in [-0.25, -0.2) is 5.01 Å². The number of hydrazone groups is 1. The molecule has 5 nitrogen and oxygen atoms in total. The van der Waals surface area contributed by atoms with Gasteiger partial charge in [-0.2, -0.15) is 5.10 Å². The average Bonchev–Trinajstić information content (AvgIpc) is 2.53. The van der Waals surface area contributed by atoms with Crippen molar-refractivity contribution in [2.24, 2.45) is 5.10 Å². The van der Waals surface area contributed by atoms with E-state index in [1.807, 2.05) is 44.2 Å². The van der Waals surface area contributed by atoms with Crippen molar-refractivity contribution < 1.29 is 9.59 Å². The molecule has 1 N–H and O–H groups in total. The zero-order valence-electron chi connectivity index (χ0n) is 12.5. The molecule has 0 spiro atoms. The molecule has 5 heteroatoms. The molecule has 21 heavy (non-hydrogen) atoms. The molecule has 1 aliphatic heterocycles. The van der Waals surface area contributed by atoms with E-state index in [-0.39, 0.29) is 17.9 Å². The molecule has 0 atom stereocenters. The Bertz CT molecular complexity index is 536. The number of benzene rings is 1. The van der Waals surface area contributed by atoms with Crippen molar-refractivity contribution >= 4 is 23.2 Å². The molecule has 1 heterocycles. The van der Waals surface area contributed by atoms with Crippen LogP contribution in [0.15, 0.2) is 35.4 Å². The van der Waals surface area contributed by atoms with Crippen molar-refractivity contribution in [3.05, 3.63) is 30.3 Å². The van der Waals surface area contributed by atoms with Crippen molar-refractivity contribution in [2.75, 3.05) is 5.01 Å². The minimum Gasteiger partial charge on any atom is -0.348 e. The van der Waals surface area contributed by atoms with E-state index in [0.29, 0.717) is 24.2 Å². The van der Waals surface area contributed by atoms with Crippen LogP contribution in [-0.4, -0.2) is 23.6 Å². The molecular weight excluding hydrogens is 266 g/mol. The monoisotopic (exact) mass is 287 g/mol. The van der Waals surface area contributed by atoms with E-state index in [2.05, 4.69) is 10.4 Å². The van der Waals surface area contributed by atoms with E-state index in [4.69, 9.17) is 0 Å². The topological polar surface area (TPSA) is 61.8 Å². The summed E-state index contributed by atoms with van der Waals surface area (Å²) in [6.45, 7) is 4.08. The van der Waals surface area contributed by atoms with Gasteiger partial charge >= 0.3 is 0 Å². The Labute approximate surface area is 125 Å². The maximum atomic E-state index is 12.2. The Morgan fingerprint density at radius 1 is 1.24 bits per heavy atom. The number of carbonyl (C=O) groups is 2. The van der Waals surface area contributed by atoms with Gasteiger partial charge in [-0.05, 0) is 25.0 Å². The Morgan fingerprint density at radius 2 is 1.90 bits per heavy atom. The van der Waals surface area contributed by atoms with Crippen LogP contribution in [-0.2, 0) is 9.59 Å². The van der Waals surface area contributed by atoms with E-state index in [0.717, 1.165) is 12.8 Å². The minimum atomic E-state index is -0.169. The van der Waals surface area contributed by atoms with Crippen molar-refractivity contribution in [1.29, 1.82) is 0 Å². The van der Waals surface area contributed by atoms with Gasteiger partial charge in [0.25, 0.3) is 5.91 Å². The normalized spacial score (nSPS) is 15.1. The van der Waals surface area contributed by atoms with Gasteiger partial charge in [0.15, 0.2) is 0 Å². The molecule has 1 aromatic rings. The van der Waals surface area contributed by atoms with Crippen LogP contribution in [0.5, 0.6) is 0 Å². The number of nitrogens with one attached hydrogen (secondary N) is 1. The van der Waals surface area contributed by atoms with Crippen LogP contribution in [0.25, 0.3) is 0 Å². The summed E-state index contributed by atoms with van der Waals surface area (Å²) in [6, 6.07) is 9.34. The molecule has 1 aliphatic rings. The largest absolute Gasteiger partial charge is 0.348 e. The fourth-order valence-electron chi connectivity index (χ4n) is 2.25. The van der Waals surface area contributed by atoms with Crippen molar-refractivity contribution in [3.63, 3.8) is 0 Å². The first-order valence-electron chi connectivity index (χ1n) is 7.42. The average molecular weight is 287 g/mol. The lowest BCUT2D eigenvalue weighted by Crippen LogP contribution is -2.42. The van der Waals surface area contributed by atoms with Gasteiger partial charge < -0.3 is 5.32 Å². The Balaban J connectivity index is 2.17. The molecule has 0 radical (unpaired) electrons. The van der Waals surface area contributed by atoms with Crippen LogP contribution in [0.1, 0.15) is 39.5 Å². The first kappa shape index (κ1) is 15.2. The lowest BCUT2D eigenvalue weighted by molar-refractivity contribution is -0.119. The fraction of sp³-hybridized carbons (Fsp3) is 0.438. The molecule has 0 aliphatic carbocycles. The maximum Gasteiger partial charge on any atom is 0.267 e. The molecule has 0 bridgehead atoms. The Morgan fingerprint density at radius 3 is 2.52 bits per heavy atom. The Kier molecular flexibility index (Phi) is 5.09. The van der Waals surface area contributed by atoms with E-state index in [1.54, 1.807) is 0 Å². The summed E-state index contributed by atoms with van der Waals surface area (Å²) in [5.41, 5.74) is 1.11. The lowest BCUT2D eigenvalue weighted by Gasteiger charge is -2.24. The molecule has 0 aromatic heterocycles. The molecule has 0 saturated carbocycles. The molecule has 0 unspecified atom stereocenters. The molecule has 2 rings (SSSR count). The van der Waals surface area contributed by atoms with Gasteiger partial charge in [-0.3, -0.25) is 9.59 Å². The highest BCUT2D eigenvalue weighted by Crippen LogP contribution is 2.19. The van der Waals surface area contributed by atoms with Crippen LogP contribution in [0.2, 0.25) is 0 Å². The number of hydrogen-bond acceptors (Lipinski definition) is 3. The minimum absolute atomic E-state index is 0.0831. The number of carbonyl (C=O) groups excluding carboxylic acids is 2. The quantitative estimate of drug-likeness (QED) is 0.904. The summed E-state index contributed by atoms with van der Waals surface area (Å²) in [4.78, 5) is 24.2. The van der Waals surface area contributed by atoms with Crippen LogP contribution < -0.4 is 10.3 Å². The first-order valence-corrected chi connectivity index (χ1v) is 7.42. The van der Waals surface area contributed by atoms with Gasteiger partial charge in [0.1, 0.15) is 5.71 Å². The first-order chi connectivity index (χ1) is 10.2. The third-order valence-electron chi connectivity index (χ3n) is 3.62. The molecular formula is C16H21N3O2. The van der Waals surface area contributed by atoms with E-state index >= 15 is 0 Å². The smallest absolute Gasteiger partial charge is 0.267 e. The second-order valence-corrected chi connectivity index (χ2v) is 5.07. The summed E-state index contributed by atoms with van der Waals surface area (Å²) in [5.74, 6) is -0.252. The van der Waals surface area contributed by atoms with Crippen molar-refractivity contribution in [3.8, 4) is 0 Å². The van der Waals surface area contributed by atoms with Crippen molar-refractivity contribution in [1.82, 2.24) is 5.32 Å². The predicted octanol–water partition coefficient (Wildman–Crippen LogP) is 2.47. The molecule has 2 amide bonds. The number of nitrogens with zero attached hydrogens (tertiary/aromatic N) is 2. The highest BCUT2D eigenvalue weighted by atomic mass is 16.2. The summed E-state index contributed by atoms with van der Waals surface area (Å²) in [5, 5.41) is 8.53. The van der Waals surface area contributed by atoms with E-state index in [1.165, 1.54) is 5.01 Å². The van der Waals surface area contributed by atoms with Crippen LogP contribution in [0.3, 0.4) is 0 Å². The second kappa shape index (κ2) is 7.02. The van der Waals surface area contributed by atoms with E-state index < -0.39 is 0 Å². The number of hydrogen-bond donors (Lipinski definition) is 1. The van der Waals surface area contributed by atoms with E-state index in [9.17, 15) is 9.59 Å². The van der Waals surface area contributed by atoms with Crippen LogP contribution in [0, 0.1) is 0 Å². The number of para-hydroxylation sites is 1. The van der Waals surface area contributed by atoms with Gasteiger partial charge in [0, 0.05) is 18.9 Å². The summed E-state index contributed by atoms with van der Waals surface area (Å²) in [6.07, 6.45) is 2.48. The fourth-order valence-corrected chi connectivity index (χ4v) is 2.25. The van der Waals surface area contributed by atoms with Gasteiger partial charge in [0.05, 0.1) is 5.69 Å². The summed E-state index contributed by atoms with van der Waals surface area (Å²) < 4.78 is 0. The molecule has 1 aromatic carbocycles. The third-order valence-corrected chi connectivity index (χ3v) is 3.62. The molecule has 0 saturated heterocycles. The standard InChI is InChI=1S/C16H21N3O2/c1-3-12(4-2)17-16(21)14-10-11-15(20)19(18-14)13-8-6-5-7-9-13/h5-9,12H,3-4,10-11H2,1-2H3,(H,17,21). The number of amides is 2. The zero-order chi connectivity index (χ0) is 15.2. The molecule has 0 fully saturated rings. The lowest BCUT2D eigenvalue weighted by atomic mass is 10.1. The van der Waals surface area contributed by atoms with Crippen molar-refractivity contribution in [2.45, 2.75) is 45.6 Å².